The molecule has 3 aromatic rings. The molecule has 0 saturated heterocycles. The summed E-state index contributed by atoms with van der Waals surface area (Å²) in [6.45, 7) is 6.66. The summed E-state index contributed by atoms with van der Waals surface area (Å²) < 4.78 is 12.8. The Morgan fingerprint density at radius 3 is 2.48 bits per heavy atom. The van der Waals surface area contributed by atoms with Gasteiger partial charge in [0.15, 0.2) is 17.3 Å². The summed E-state index contributed by atoms with van der Waals surface area (Å²) in [5.74, 6) is 2.13. The van der Waals surface area contributed by atoms with Crippen molar-refractivity contribution in [3.8, 4) is 11.5 Å². The van der Waals surface area contributed by atoms with Crippen LogP contribution in [0.2, 0.25) is 0 Å². The van der Waals surface area contributed by atoms with Crippen LogP contribution in [0, 0.1) is 12.8 Å². The molecule has 3 rings (SSSR count). The SMILES string of the molecule is COc1cc2nc(NCCCCNC(=O)[C@H](O)C(C)C)c3nnc(C)n3c2cc1OC. The van der Waals surface area contributed by atoms with Crippen LogP contribution in [0.5, 0.6) is 11.5 Å². The molecule has 0 spiro atoms. The number of nitrogens with zero attached hydrogens (tertiary/aromatic N) is 4. The first-order valence-corrected chi connectivity index (χ1v) is 10.3. The number of unbranched alkanes of at least 4 members (excludes halogenated alkanes) is 1. The monoisotopic (exact) mass is 430 g/mol. The lowest BCUT2D eigenvalue weighted by atomic mass is 10.1. The Balaban J connectivity index is 1.70. The Kier molecular flexibility index (Phi) is 7.11. The number of aryl methyl sites for hydroxylation is 1. The van der Waals surface area contributed by atoms with E-state index in [-0.39, 0.29) is 11.8 Å². The van der Waals surface area contributed by atoms with Crippen molar-refractivity contribution in [2.75, 3.05) is 32.6 Å². The van der Waals surface area contributed by atoms with Crippen LogP contribution in [0.1, 0.15) is 32.5 Å². The van der Waals surface area contributed by atoms with Gasteiger partial charge in [0.2, 0.25) is 11.6 Å². The summed E-state index contributed by atoms with van der Waals surface area (Å²) in [7, 11) is 3.18. The molecular formula is C21H30N6O4. The molecule has 0 aliphatic rings. The van der Waals surface area contributed by atoms with E-state index in [0.29, 0.717) is 36.1 Å². The van der Waals surface area contributed by atoms with Crippen LogP contribution in [0.25, 0.3) is 16.7 Å². The maximum Gasteiger partial charge on any atom is 0.249 e. The van der Waals surface area contributed by atoms with Crippen molar-refractivity contribution < 1.29 is 19.4 Å². The lowest BCUT2D eigenvalue weighted by molar-refractivity contribution is -0.131. The summed E-state index contributed by atoms with van der Waals surface area (Å²) in [5, 5.41) is 24.3. The number of methoxy groups -OCH3 is 2. The van der Waals surface area contributed by atoms with Crippen molar-refractivity contribution in [1.29, 1.82) is 0 Å². The quantitative estimate of drug-likeness (QED) is 0.417. The molecule has 0 saturated carbocycles. The highest BCUT2D eigenvalue weighted by Gasteiger charge is 2.18. The van der Waals surface area contributed by atoms with Gasteiger partial charge in [-0.25, -0.2) is 4.98 Å². The number of carbonyl (C=O) groups excluding carboxylic acids is 1. The number of aromatic nitrogens is 4. The van der Waals surface area contributed by atoms with Gasteiger partial charge in [0, 0.05) is 25.2 Å². The normalized spacial score (nSPS) is 12.4. The number of fused-ring (bicyclic) bond motifs is 3. The summed E-state index contributed by atoms with van der Waals surface area (Å²) in [6, 6.07) is 3.69. The smallest absolute Gasteiger partial charge is 0.249 e. The van der Waals surface area contributed by atoms with Gasteiger partial charge in [-0.2, -0.15) is 0 Å². The molecule has 3 N–H and O–H groups in total. The standard InChI is InChI=1S/C21H30N6O4/c1-12(2)18(28)21(29)23-9-7-6-8-22-19-20-26-25-13(3)27(20)15-11-17(31-5)16(30-4)10-14(15)24-19/h10-12,18,28H,6-9H2,1-5H3,(H,22,24)(H,23,29)/t18-/m1/s1. The number of carbonyl (C=O) groups is 1. The lowest BCUT2D eigenvalue weighted by Gasteiger charge is -2.14. The van der Waals surface area contributed by atoms with Crippen LogP contribution in [-0.4, -0.2) is 64.0 Å². The Morgan fingerprint density at radius 1 is 1.13 bits per heavy atom. The van der Waals surface area contributed by atoms with Crippen molar-refractivity contribution in [2.45, 2.75) is 39.7 Å². The summed E-state index contributed by atoms with van der Waals surface area (Å²) in [6.07, 6.45) is 0.604. The number of rotatable bonds is 10. The zero-order chi connectivity index (χ0) is 22.5. The van der Waals surface area contributed by atoms with E-state index in [9.17, 15) is 9.90 Å². The van der Waals surface area contributed by atoms with E-state index >= 15 is 0 Å². The molecule has 0 aliphatic carbocycles. The van der Waals surface area contributed by atoms with Crippen molar-refractivity contribution >= 4 is 28.4 Å². The number of anilines is 1. The van der Waals surface area contributed by atoms with Crippen molar-refractivity contribution in [3.05, 3.63) is 18.0 Å². The minimum atomic E-state index is -0.972. The second-order valence-corrected chi connectivity index (χ2v) is 7.68. The zero-order valence-electron chi connectivity index (χ0n) is 18.6. The van der Waals surface area contributed by atoms with Gasteiger partial charge in [-0.3, -0.25) is 9.20 Å². The van der Waals surface area contributed by atoms with E-state index in [0.717, 1.165) is 29.7 Å². The Hall–Kier alpha value is -3.14. The van der Waals surface area contributed by atoms with E-state index in [1.165, 1.54) is 0 Å². The van der Waals surface area contributed by atoms with E-state index in [2.05, 4.69) is 20.8 Å². The number of amides is 1. The van der Waals surface area contributed by atoms with Gasteiger partial charge in [-0.1, -0.05) is 13.8 Å². The van der Waals surface area contributed by atoms with Crippen LogP contribution >= 0.6 is 0 Å². The average Bonchev–Trinajstić information content (AvgIpc) is 3.16. The molecule has 10 nitrogen and oxygen atoms in total. The Morgan fingerprint density at radius 2 is 1.81 bits per heavy atom. The van der Waals surface area contributed by atoms with Crippen molar-refractivity contribution in [3.63, 3.8) is 0 Å². The number of ether oxygens (including phenoxy) is 2. The highest BCUT2D eigenvalue weighted by atomic mass is 16.5. The minimum absolute atomic E-state index is 0.103. The molecule has 2 aromatic heterocycles. The third-order valence-corrected chi connectivity index (χ3v) is 5.09. The van der Waals surface area contributed by atoms with Crippen LogP contribution in [0.3, 0.4) is 0 Å². The summed E-state index contributed by atoms with van der Waals surface area (Å²) in [4.78, 5) is 16.5. The molecular weight excluding hydrogens is 400 g/mol. The summed E-state index contributed by atoms with van der Waals surface area (Å²) in [5.41, 5.74) is 2.18. The minimum Gasteiger partial charge on any atom is -0.493 e. The van der Waals surface area contributed by atoms with Crippen molar-refractivity contribution in [2.24, 2.45) is 5.92 Å². The molecule has 1 amide bonds. The molecule has 10 heteroatoms. The average molecular weight is 431 g/mol. The van der Waals surface area contributed by atoms with Gasteiger partial charge in [0.05, 0.1) is 25.3 Å². The topological polar surface area (TPSA) is 123 Å². The fourth-order valence-corrected chi connectivity index (χ4v) is 3.30. The highest BCUT2D eigenvalue weighted by Crippen LogP contribution is 2.33. The molecule has 0 radical (unpaired) electrons. The maximum absolute atomic E-state index is 11.8. The van der Waals surface area contributed by atoms with Gasteiger partial charge in [-0.05, 0) is 25.7 Å². The first kappa shape index (κ1) is 22.5. The number of aliphatic hydroxyl groups is 1. The third-order valence-electron chi connectivity index (χ3n) is 5.09. The fourth-order valence-electron chi connectivity index (χ4n) is 3.30. The largest absolute Gasteiger partial charge is 0.493 e. The van der Waals surface area contributed by atoms with Gasteiger partial charge >= 0.3 is 0 Å². The first-order valence-electron chi connectivity index (χ1n) is 10.3. The number of nitrogens with one attached hydrogen (secondary N) is 2. The van der Waals surface area contributed by atoms with Gasteiger partial charge in [0.25, 0.3) is 0 Å². The number of hydrogen-bond acceptors (Lipinski definition) is 8. The third kappa shape index (κ3) is 4.79. The van der Waals surface area contributed by atoms with Crippen LogP contribution < -0.4 is 20.1 Å². The molecule has 0 fully saturated rings. The highest BCUT2D eigenvalue weighted by molar-refractivity contribution is 5.86. The maximum atomic E-state index is 11.8. The van der Waals surface area contributed by atoms with E-state index in [4.69, 9.17) is 14.5 Å². The van der Waals surface area contributed by atoms with Crippen LogP contribution in [-0.2, 0) is 4.79 Å². The summed E-state index contributed by atoms with van der Waals surface area (Å²) >= 11 is 0. The number of benzene rings is 1. The predicted octanol–water partition coefficient (Wildman–Crippen LogP) is 1.93. The van der Waals surface area contributed by atoms with E-state index in [1.807, 2.05) is 37.3 Å². The molecule has 0 unspecified atom stereocenters. The van der Waals surface area contributed by atoms with Gasteiger partial charge in [0.1, 0.15) is 11.9 Å². The first-order chi connectivity index (χ1) is 14.9. The molecule has 2 heterocycles. The van der Waals surface area contributed by atoms with E-state index < -0.39 is 6.10 Å². The number of aliphatic hydroxyl groups excluding tert-OH is 1. The Labute approximate surface area is 181 Å². The fraction of sp³-hybridized carbons (Fsp3) is 0.524. The van der Waals surface area contributed by atoms with Crippen LogP contribution in [0.15, 0.2) is 12.1 Å². The molecule has 1 aromatic carbocycles. The second-order valence-electron chi connectivity index (χ2n) is 7.68. The Bertz CT molecular complexity index is 1070. The molecule has 0 aliphatic heterocycles. The van der Waals surface area contributed by atoms with E-state index in [1.54, 1.807) is 14.2 Å². The van der Waals surface area contributed by atoms with Gasteiger partial charge < -0.3 is 25.2 Å². The number of hydrogen-bond donors (Lipinski definition) is 3. The van der Waals surface area contributed by atoms with Crippen LogP contribution in [0.4, 0.5) is 5.82 Å². The van der Waals surface area contributed by atoms with Crippen molar-refractivity contribution in [1.82, 2.24) is 24.9 Å². The molecule has 168 valence electrons. The van der Waals surface area contributed by atoms with Gasteiger partial charge in [-0.15, -0.1) is 10.2 Å². The zero-order valence-corrected chi connectivity index (χ0v) is 18.6. The predicted molar refractivity (Wildman–Crippen MR) is 118 cm³/mol. The lowest BCUT2D eigenvalue weighted by Crippen LogP contribution is -2.38. The molecule has 0 bridgehead atoms. The molecule has 1 atom stereocenters. The molecule has 31 heavy (non-hydrogen) atoms. The second kappa shape index (κ2) is 9.78.